The Bertz CT molecular complexity index is 235. The Morgan fingerprint density at radius 1 is 1.50 bits per heavy atom. The summed E-state index contributed by atoms with van der Waals surface area (Å²) in [4.78, 5) is 0. The lowest BCUT2D eigenvalue weighted by Crippen LogP contribution is -2.44. The van der Waals surface area contributed by atoms with Crippen molar-refractivity contribution >= 4 is 10.0 Å². The van der Waals surface area contributed by atoms with Gasteiger partial charge in [0, 0.05) is 12.6 Å². The second-order valence-corrected chi connectivity index (χ2v) is 3.91. The van der Waals surface area contributed by atoms with E-state index in [0.29, 0.717) is 0 Å². The van der Waals surface area contributed by atoms with Crippen LogP contribution in [-0.4, -0.2) is 26.5 Å². The minimum absolute atomic E-state index is 0.185. The van der Waals surface area contributed by atoms with Gasteiger partial charge in [-0.15, -0.1) is 0 Å². The molecule has 0 amide bonds. The Morgan fingerprint density at radius 3 is 2.17 bits per heavy atom. The molecular weight excluding hydrogens is 197 g/mol. The van der Waals surface area contributed by atoms with Crippen molar-refractivity contribution in [2.45, 2.75) is 18.5 Å². The molecule has 0 aromatic carbocycles. The number of hydrogen-bond acceptors (Lipinski definition) is 3. The van der Waals surface area contributed by atoms with E-state index < -0.39 is 21.6 Å². The molecule has 0 aromatic heterocycles. The standard InChI is InChI=1S/C4H9F3N2O2S/c1-3(2-8)9-12(10,11)4(5,6)7/h3,9H,2,8H2,1H3. The number of nitrogens with two attached hydrogens (primary N) is 1. The van der Waals surface area contributed by atoms with Crippen molar-refractivity contribution in [3.05, 3.63) is 0 Å². The van der Waals surface area contributed by atoms with Gasteiger partial charge < -0.3 is 5.73 Å². The molecule has 0 saturated heterocycles. The van der Waals surface area contributed by atoms with E-state index in [-0.39, 0.29) is 6.54 Å². The molecule has 74 valence electrons. The van der Waals surface area contributed by atoms with E-state index in [1.165, 1.54) is 11.6 Å². The van der Waals surface area contributed by atoms with Gasteiger partial charge in [-0.2, -0.15) is 13.2 Å². The summed E-state index contributed by atoms with van der Waals surface area (Å²) in [6, 6.07) is -0.920. The van der Waals surface area contributed by atoms with Gasteiger partial charge in [0.25, 0.3) is 0 Å². The van der Waals surface area contributed by atoms with Crippen molar-refractivity contribution in [1.29, 1.82) is 0 Å². The van der Waals surface area contributed by atoms with Crippen LogP contribution in [0.25, 0.3) is 0 Å². The molecule has 4 nitrogen and oxygen atoms in total. The zero-order valence-electron chi connectivity index (χ0n) is 6.22. The molecule has 1 unspecified atom stereocenters. The maximum Gasteiger partial charge on any atom is 0.511 e. The van der Waals surface area contributed by atoms with E-state index in [0.717, 1.165) is 0 Å². The van der Waals surface area contributed by atoms with Crippen LogP contribution in [0.4, 0.5) is 13.2 Å². The van der Waals surface area contributed by atoms with E-state index in [2.05, 4.69) is 0 Å². The highest BCUT2D eigenvalue weighted by Crippen LogP contribution is 2.21. The SMILES string of the molecule is CC(CN)NS(=O)(=O)C(F)(F)F. The van der Waals surface area contributed by atoms with Crippen LogP contribution in [0.15, 0.2) is 0 Å². The largest absolute Gasteiger partial charge is 0.511 e. The third kappa shape index (κ3) is 2.95. The topological polar surface area (TPSA) is 72.2 Å². The second-order valence-electron chi connectivity index (χ2n) is 2.20. The zero-order valence-corrected chi connectivity index (χ0v) is 7.04. The van der Waals surface area contributed by atoms with E-state index in [1.54, 1.807) is 0 Å². The highest BCUT2D eigenvalue weighted by Gasteiger charge is 2.46. The number of hydrogen-bond donors (Lipinski definition) is 2. The van der Waals surface area contributed by atoms with Crippen LogP contribution >= 0.6 is 0 Å². The fourth-order valence-corrected chi connectivity index (χ4v) is 1.14. The predicted molar refractivity (Wildman–Crippen MR) is 36.6 cm³/mol. The summed E-state index contributed by atoms with van der Waals surface area (Å²) in [5, 5.41) is 0. The Hall–Kier alpha value is -0.340. The average Bonchev–Trinajstić information content (AvgIpc) is 1.84. The van der Waals surface area contributed by atoms with Gasteiger partial charge in [-0.1, -0.05) is 0 Å². The third-order valence-corrected chi connectivity index (χ3v) is 2.34. The van der Waals surface area contributed by atoms with Crippen molar-refractivity contribution in [3.63, 3.8) is 0 Å². The summed E-state index contributed by atoms with van der Waals surface area (Å²) in [5.41, 5.74) is -0.339. The highest BCUT2D eigenvalue weighted by atomic mass is 32.2. The van der Waals surface area contributed by atoms with Crippen LogP contribution in [0.1, 0.15) is 6.92 Å². The molecule has 0 aromatic rings. The van der Waals surface area contributed by atoms with Crippen molar-refractivity contribution in [2.75, 3.05) is 6.54 Å². The molecule has 0 saturated carbocycles. The summed E-state index contributed by atoms with van der Waals surface area (Å²) < 4.78 is 56.9. The maximum atomic E-state index is 11.6. The summed E-state index contributed by atoms with van der Waals surface area (Å²) in [7, 11) is -5.24. The van der Waals surface area contributed by atoms with E-state index in [4.69, 9.17) is 5.73 Å². The van der Waals surface area contributed by atoms with E-state index >= 15 is 0 Å². The molecule has 0 spiro atoms. The van der Waals surface area contributed by atoms with Crippen molar-refractivity contribution < 1.29 is 21.6 Å². The maximum absolute atomic E-state index is 11.6. The Labute approximate surface area is 68.0 Å². The molecule has 3 N–H and O–H groups in total. The molecular formula is C4H9F3N2O2S. The lowest BCUT2D eigenvalue weighted by molar-refractivity contribution is -0.0450. The Balaban J connectivity index is 4.46. The van der Waals surface area contributed by atoms with Crippen molar-refractivity contribution in [1.82, 2.24) is 4.72 Å². The molecule has 0 aliphatic heterocycles. The lowest BCUT2D eigenvalue weighted by Gasteiger charge is -2.13. The van der Waals surface area contributed by atoms with Gasteiger partial charge in [0.05, 0.1) is 0 Å². The first-order chi connectivity index (χ1) is 5.20. The molecule has 1 atom stereocenters. The number of alkyl halides is 3. The average molecular weight is 206 g/mol. The number of rotatable bonds is 3. The van der Waals surface area contributed by atoms with Crippen LogP contribution in [0, 0.1) is 0 Å². The molecule has 0 radical (unpaired) electrons. The zero-order chi connectivity index (χ0) is 9.99. The van der Waals surface area contributed by atoms with Crippen LogP contribution in [-0.2, 0) is 10.0 Å². The first-order valence-corrected chi connectivity index (χ1v) is 4.47. The number of halogens is 3. The first-order valence-electron chi connectivity index (χ1n) is 2.99. The number of sulfonamides is 1. The van der Waals surface area contributed by atoms with Crippen LogP contribution < -0.4 is 10.5 Å². The van der Waals surface area contributed by atoms with Crippen molar-refractivity contribution in [2.24, 2.45) is 5.73 Å². The van der Waals surface area contributed by atoms with Crippen LogP contribution in [0.5, 0.6) is 0 Å². The summed E-state index contributed by atoms with van der Waals surface area (Å²) in [6.45, 7) is 1.05. The fourth-order valence-electron chi connectivity index (χ4n) is 0.380. The summed E-state index contributed by atoms with van der Waals surface area (Å²) >= 11 is 0. The third-order valence-electron chi connectivity index (χ3n) is 1.01. The van der Waals surface area contributed by atoms with Crippen molar-refractivity contribution in [3.8, 4) is 0 Å². The molecule has 0 fully saturated rings. The molecule has 0 aliphatic carbocycles. The second kappa shape index (κ2) is 3.58. The molecule has 12 heavy (non-hydrogen) atoms. The van der Waals surface area contributed by atoms with Gasteiger partial charge in [-0.25, -0.2) is 13.1 Å². The quantitative estimate of drug-likeness (QED) is 0.670. The van der Waals surface area contributed by atoms with Gasteiger partial charge in [-0.3, -0.25) is 0 Å². The molecule has 0 heterocycles. The lowest BCUT2D eigenvalue weighted by atomic mass is 10.4. The number of nitrogens with one attached hydrogen (secondary N) is 1. The van der Waals surface area contributed by atoms with Gasteiger partial charge in [0.2, 0.25) is 0 Å². The van der Waals surface area contributed by atoms with Gasteiger partial charge >= 0.3 is 15.5 Å². The van der Waals surface area contributed by atoms with E-state index in [1.807, 2.05) is 0 Å². The molecule has 0 aliphatic rings. The van der Waals surface area contributed by atoms with E-state index in [9.17, 15) is 21.6 Å². The predicted octanol–water partition coefficient (Wildman–Crippen LogP) is -0.227. The Kier molecular flexibility index (Phi) is 3.48. The molecule has 0 rings (SSSR count). The summed E-state index contributed by atoms with van der Waals surface area (Å²) in [6.07, 6.45) is 0. The van der Waals surface area contributed by atoms with Gasteiger partial charge in [-0.05, 0) is 6.92 Å². The smallest absolute Gasteiger partial charge is 0.329 e. The molecule has 8 heteroatoms. The monoisotopic (exact) mass is 206 g/mol. The Morgan fingerprint density at radius 2 is 1.92 bits per heavy atom. The summed E-state index contributed by atoms with van der Waals surface area (Å²) in [5.74, 6) is 0. The van der Waals surface area contributed by atoms with Crippen LogP contribution in [0.3, 0.4) is 0 Å². The normalized spacial score (nSPS) is 16.1. The minimum atomic E-state index is -5.27. The minimum Gasteiger partial charge on any atom is -0.329 e. The van der Waals surface area contributed by atoms with Crippen LogP contribution in [0.2, 0.25) is 0 Å². The van der Waals surface area contributed by atoms with Gasteiger partial charge in [0.1, 0.15) is 0 Å². The molecule has 0 bridgehead atoms. The fraction of sp³-hybridized carbons (Fsp3) is 1.00. The first kappa shape index (κ1) is 11.7. The van der Waals surface area contributed by atoms with Gasteiger partial charge in [0.15, 0.2) is 0 Å². The highest BCUT2D eigenvalue weighted by molar-refractivity contribution is 7.90.